The number of hydrogen-bond acceptors (Lipinski definition) is 3. The number of para-hydroxylation sites is 1. The highest BCUT2D eigenvalue weighted by Crippen LogP contribution is 2.29. The van der Waals surface area contributed by atoms with Gasteiger partial charge in [-0.25, -0.2) is 0 Å². The Balaban J connectivity index is 1.87. The molecule has 2 aliphatic rings. The lowest BCUT2D eigenvalue weighted by atomic mass is 10.1. The van der Waals surface area contributed by atoms with E-state index in [9.17, 15) is 9.59 Å². The van der Waals surface area contributed by atoms with Crippen LogP contribution < -0.4 is 4.90 Å². The molecular weight excluding hydrogens is 280 g/mol. The zero-order valence-corrected chi connectivity index (χ0v) is 13.0. The Morgan fingerprint density at radius 3 is 2.68 bits per heavy atom. The van der Waals surface area contributed by atoms with Crippen molar-refractivity contribution in [3.8, 4) is 0 Å². The molecule has 5 heteroatoms. The molecule has 2 heterocycles. The third-order valence-electron chi connectivity index (χ3n) is 4.42. The summed E-state index contributed by atoms with van der Waals surface area (Å²) in [6.07, 6.45) is 2.22. The van der Waals surface area contributed by atoms with Gasteiger partial charge in [0.15, 0.2) is 0 Å². The fourth-order valence-corrected chi connectivity index (χ4v) is 3.23. The lowest BCUT2D eigenvalue weighted by Gasteiger charge is -2.34. The highest BCUT2D eigenvalue weighted by molar-refractivity contribution is 6.01. The zero-order valence-electron chi connectivity index (χ0n) is 13.0. The highest BCUT2D eigenvalue weighted by Gasteiger charge is 2.33. The van der Waals surface area contributed by atoms with Crippen molar-refractivity contribution >= 4 is 17.5 Å². The van der Waals surface area contributed by atoms with E-state index in [1.807, 2.05) is 31.2 Å². The molecule has 1 aromatic carbocycles. The van der Waals surface area contributed by atoms with Crippen molar-refractivity contribution in [1.29, 1.82) is 0 Å². The first-order chi connectivity index (χ1) is 10.7. The second kappa shape index (κ2) is 6.48. The molecule has 1 aromatic rings. The third kappa shape index (κ3) is 2.86. The van der Waals surface area contributed by atoms with Crippen LogP contribution in [-0.2, 0) is 20.7 Å². The second-order valence-electron chi connectivity index (χ2n) is 5.86. The van der Waals surface area contributed by atoms with E-state index in [1.54, 1.807) is 9.80 Å². The molecule has 1 unspecified atom stereocenters. The van der Waals surface area contributed by atoms with Gasteiger partial charge < -0.3 is 9.64 Å². The molecule has 0 aromatic heterocycles. The van der Waals surface area contributed by atoms with Crippen LogP contribution in [0.1, 0.15) is 25.3 Å². The third-order valence-corrected chi connectivity index (χ3v) is 4.42. The van der Waals surface area contributed by atoms with E-state index in [4.69, 9.17) is 4.74 Å². The topological polar surface area (TPSA) is 49.9 Å². The van der Waals surface area contributed by atoms with Crippen molar-refractivity contribution in [3.63, 3.8) is 0 Å². The van der Waals surface area contributed by atoms with Crippen LogP contribution in [0.4, 0.5) is 5.69 Å². The second-order valence-corrected chi connectivity index (χ2v) is 5.86. The fraction of sp³-hybridized carbons (Fsp3) is 0.529. The van der Waals surface area contributed by atoms with Gasteiger partial charge in [0.05, 0.1) is 13.2 Å². The molecule has 5 nitrogen and oxygen atoms in total. The Morgan fingerprint density at radius 2 is 1.91 bits per heavy atom. The van der Waals surface area contributed by atoms with Crippen molar-refractivity contribution < 1.29 is 14.3 Å². The number of hydrogen-bond donors (Lipinski definition) is 0. The number of benzene rings is 1. The number of fused-ring (bicyclic) bond motifs is 1. The van der Waals surface area contributed by atoms with Crippen molar-refractivity contribution in [3.05, 3.63) is 29.8 Å². The normalized spacial score (nSPS) is 20.3. The van der Waals surface area contributed by atoms with Crippen LogP contribution in [0.15, 0.2) is 24.3 Å². The van der Waals surface area contributed by atoms with E-state index in [0.717, 1.165) is 24.1 Å². The minimum Gasteiger partial charge on any atom is -0.378 e. The molecule has 1 atom stereocenters. The van der Waals surface area contributed by atoms with Crippen LogP contribution in [0, 0.1) is 0 Å². The molecule has 0 spiro atoms. The Hall–Kier alpha value is -1.88. The van der Waals surface area contributed by atoms with Gasteiger partial charge in [0.1, 0.15) is 6.04 Å². The maximum atomic E-state index is 12.7. The number of amides is 2. The summed E-state index contributed by atoms with van der Waals surface area (Å²) in [6, 6.07) is 7.44. The number of nitrogens with zero attached hydrogens (tertiary/aromatic N) is 2. The van der Waals surface area contributed by atoms with Crippen LogP contribution in [0.2, 0.25) is 0 Å². The van der Waals surface area contributed by atoms with Gasteiger partial charge in [0, 0.05) is 25.2 Å². The van der Waals surface area contributed by atoms with E-state index in [2.05, 4.69) is 0 Å². The summed E-state index contributed by atoms with van der Waals surface area (Å²) in [5.74, 6) is 0.0485. The highest BCUT2D eigenvalue weighted by atomic mass is 16.5. The van der Waals surface area contributed by atoms with Gasteiger partial charge in [-0.05, 0) is 31.4 Å². The summed E-state index contributed by atoms with van der Waals surface area (Å²) >= 11 is 0. The molecule has 0 aliphatic carbocycles. The average molecular weight is 302 g/mol. The first kappa shape index (κ1) is 15.0. The Morgan fingerprint density at radius 1 is 1.18 bits per heavy atom. The molecule has 2 aliphatic heterocycles. The summed E-state index contributed by atoms with van der Waals surface area (Å²) in [7, 11) is 0. The van der Waals surface area contributed by atoms with Crippen molar-refractivity contribution in [2.24, 2.45) is 0 Å². The van der Waals surface area contributed by atoms with E-state index in [-0.39, 0.29) is 11.8 Å². The van der Waals surface area contributed by atoms with Crippen molar-refractivity contribution in [1.82, 2.24) is 4.90 Å². The number of morpholine rings is 1. The van der Waals surface area contributed by atoms with E-state index in [1.165, 1.54) is 0 Å². The van der Waals surface area contributed by atoms with Crippen LogP contribution in [-0.4, -0.2) is 49.1 Å². The number of aryl methyl sites for hydroxylation is 1. The standard InChI is InChI=1S/C17H22N2O3/c1-13(17(21)18-9-11-22-12-10-18)19-15-7-3-2-5-14(15)6-4-8-16(19)20/h2-3,5,7,13H,4,6,8-12H2,1H3. The molecule has 0 N–H and O–H groups in total. The van der Waals surface area contributed by atoms with Crippen LogP contribution in [0.25, 0.3) is 0 Å². The molecule has 0 saturated carbocycles. The summed E-state index contributed by atoms with van der Waals surface area (Å²) in [5, 5.41) is 0. The van der Waals surface area contributed by atoms with Gasteiger partial charge >= 0.3 is 0 Å². The quantitative estimate of drug-likeness (QED) is 0.834. The van der Waals surface area contributed by atoms with Crippen LogP contribution >= 0.6 is 0 Å². The Bertz CT molecular complexity index is 567. The molecule has 1 fully saturated rings. The van der Waals surface area contributed by atoms with Crippen LogP contribution in [0.5, 0.6) is 0 Å². The van der Waals surface area contributed by atoms with Gasteiger partial charge in [0.2, 0.25) is 11.8 Å². The number of carbonyl (C=O) groups is 2. The molecular formula is C17H22N2O3. The lowest BCUT2D eigenvalue weighted by molar-refractivity contribution is -0.137. The van der Waals surface area contributed by atoms with Crippen molar-refractivity contribution in [2.45, 2.75) is 32.2 Å². The molecule has 1 saturated heterocycles. The minimum atomic E-state index is -0.468. The summed E-state index contributed by atoms with van der Waals surface area (Å²) in [5.41, 5.74) is 2.04. The Kier molecular flexibility index (Phi) is 4.43. The van der Waals surface area contributed by atoms with E-state index in [0.29, 0.717) is 32.7 Å². The van der Waals surface area contributed by atoms with Gasteiger partial charge in [-0.1, -0.05) is 18.2 Å². The summed E-state index contributed by atoms with van der Waals surface area (Å²) in [6.45, 7) is 4.18. The van der Waals surface area contributed by atoms with E-state index >= 15 is 0 Å². The molecule has 118 valence electrons. The van der Waals surface area contributed by atoms with Gasteiger partial charge in [-0.15, -0.1) is 0 Å². The maximum absolute atomic E-state index is 12.7. The number of rotatable bonds is 2. The SMILES string of the molecule is CC(C(=O)N1CCOCC1)N1C(=O)CCCc2ccccc21. The molecule has 0 bridgehead atoms. The predicted octanol–water partition coefficient (Wildman–Crippen LogP) is 1.60. The average Bonchev–Trinajstić information content (AvgIpc) is 2.72. The zero-order chi connectivity index (χ0) is 15.5. The predicted molar refractivity (Wildman–Crippen MR) is 83.7 cm³/mol. The van der Waals surface area contributed by atoms with Gasteiger partial charge in [-0.3, -0.25) is 14.5 Å². The number of ether oxygens (including phenoxy) is 1. The number of carbonyl (C=O) groups excluding carboxylic acids is 2. The van der Waals surface area contributed by atoms with E-state index < -0.39 is 6.04 Å². The van der Waals surface area contributed by atoms with Crippen LogP contribution in [0.3, 0.4) is 0 Å². The number of anilines is 1. The lowest BCUT2D eigenvalue weighted by Crippen LogP contribution is -2.52. The summed E-state index contributed by atoms with van der Waals surface area (Å²) < 4.78 is 5.30. The molecule has 0 radical (unpaired) electrons. The molecule has 3 rings (SSSR count). The minimum absolute atomic E-state index is 0.00773. The largest absolute Gasteiger partial charge is 0.378 e. The van der Waals surface area contributed by atoms with Crippen molar-refractivity contribution in [2.75, 3.05) is 31.2 Å². The van der Waals surface area contributed by atoms with Gasteiger partial charge in [-0.2, -0.15) is 0 Å². The Labute approximate surface area is 130 Å². The fourth-order valence-electron chi connectivity index (χ4n) is 3.23. The van der Waals surface area contributed by atoms with Gasteiger partial charge in [0.25, 0.3) is 0 Å². The molecule has 2 amide bonds. The monoisotopic (exact) mass is 302 g/mol. The molecule has 22 heavy (non-hydrogen) atoms. The summed E-state index contributed by atoms with van der Waals surface area (Å²) in [4.78, 5) is 28.8. The smallest absolute Gasteiger partial charge is 0.245 e. The first-order valence-corrected chi connectivity index (χ1v) is 7.95. The first-order valence-electron chi connectivity index (χ1n) is 7.95. The maximum Gasteiger partial charge on any atom is 0.245 e.